The van der Waals surface area contributed by atoms with Crippen molar-refractivity contribution in [3.8, 4) is 0 Å². The van der Waals surface area contributed by atoms with Crippen LogP contribution in [0.3, 0.4) is 0 Å². The molecule has 2 aliphatic rings. The Bertz CT molecular complexity index is 1260. The minimum Gasteiger partial charge on any atom is -0.372 e. The lowest BCUT2D eigenvalue weighted by Crippen LogP contribution is -2.33. The number of hydrogen-bond donors (Lipinski definition) is 0. The molecule has 0 atom stereocenters. The summed E-state index contributed by atoms with van der Waals surface area (Å²) in [5.74, 6) is -1.86. The van der Waals surface area contributed by atoms with Crippen LogP contribution in [-0.4, -0.2) is 23.9 Å². The summed E-state index contributed by atoms with van der Waals surface area (Å²) < 4.78 is 26.7. The molecular weight excluding hydrogens is 474 g/mol. The van der Waals surface area contributed by atoms with Crippen LogP contribution in [0.25, 0.3) is 5.70 Å². The Morgan fingerprint density at radius 2 is 1.63 bits per heavy atom. The van der Waals surface area contributed by atoms with Gasteiger partial charge in [-0.15, -0.1) is 5.73 Å². The number of nitrogens with zero attached hydrogens (tertiary/aromatic N) is 2. The van der Waals surface area contributed by atoms with Gasteiger partial charge in [-0.05, 0) is 85.4 Å². The van der Waals surface area contributed by atoms with Gasteiger partial charge in [0.25, 0.3) is 0 Å². The largest absolute Gasteiger partial charge is 0.372 e. The Kier molecular flexibility index (Phi) is 8.00. The Hall–Kier alpha value is -3.36. The number of anilines is 1. The number of halogens is 2. The maximum absolute atomic E-state index is 13.3. The van der Waals surface area contributed by atoms with E-state index in [1.54, 1.807) is 0 Å². The molecule has 1 fully saturated rings. The van der Waals surface area contributed by atoms with Gasteiger partial charge in [0.2, 0.25) is 5.92 Å². The number of rotatable bonds is 9. The van der Waals surface area contributed by atoms with Crippen LogP contribution >= 0.6 is 0 Å². The van der Waals surface area contributed by atoms with Crippen LogP contribution in [0, 0.1) is 5.92 Å². The number of alkyl halides is 2. The maximum atomic E-state index is 13.3. The van der Waals surface area contributed by atoms with Gasteiger partial charge in [-0.3, -0.25) is 0 Å². The first-order valence-electron chi connectivity index (χ1n) is 13.9. The molecule has 0 bridgehead atoms. The Balaban J connectivity index is 1.16. The zero-order chi connectivity index (χ0) is 26.5. The van der Waals surface area contributed by atoms with E-state index in [1.807, 2.05) is 24.3 Å². The lowest BCUT2D eigenvalue weighted by molar-refractivity contribution is 0.0226. The van der Waals surface area contributed by atoms with E-state index in [1.165, 1.54) is 54.5 Å². The third kappa shape index (κ3) is 6.55. The van der Waals surface area contributed by atoms with E-state index in [0.29, 0.717) is 12.1 Å². The number of benzene rings is 3. The molecule has 0 N–H and O–H groups in total. The third-order valence-electron chi connectivity index (χ3n) is 8.00. The van der Waals surface area contributed by atoms with Crippen LogP contribution in [0.1, 0.15) is 60.4 Å². The summed E-state index contributed by atoms with van der Waals surface area (Å²) in [6.45, 7) is 8.67. The number of aryl methyl sites for hydroxylation is 1. The first-order chi connectivity index (χ1) is 18.4. The minimum atomic E-state index is -2.69. The fourth-order valence-corrected chi connectivity index (χ4v) is 6.00. The lowest BCUT2D eigenvalue weighted by Gasteiger charge is -2.34. The summed E-state index contributed by atoms with van der Waals surface area (Å²) in [6.07, 6.45) is 6.06. The molecule has 0 radical (unpaired) electrons. The molecule has 0 aromatic heterocycles. The van der Waals surface area contributed by atoms with Gasteiger partial charge in [-0.2, -0.15) is 0 Å². The molecule has 2 heterocycles. The van der Waals surface area contributed by atoms with Gasteiger partial charge in [-0.25, -0.2) is 8.78 Å². The van der Waals surface area contributed by atoms with E-state index in [9.17, 15) is 8.78 Å². The topological polar surface area (TPSA) is 6.48 Å². The van der Waals surface area contributed by atoms with Crippen LogP contribution in [0.15, 0.2) is 85.1 Å². The van der Waals surface area contributed by atoms with Gasteiger partial charge in [0.05, 0.1) is 5.70 Å². The standard InChI is InChI=1S/C34H38F2N2/c1-3-33-32-17-16-31(37-20-18-27(19-21-37)11-7-10-26-8-5-4-6-9-26)22-30(32)25-38(33)24-29-14-12-28(13-15-29)23-34(2,35)36/h4-6,8-9,12-17,22,27H,1,7,10-11,18-21,23-25H2,2H3. The Labute approximate surface area is 226 Å². The average molecular weight is 513 g/mol. The van der Waals surface area contributed by atoms with Crippen LogP contribution in [0.4, 0.5) is 14.5 Å². The molecule has 38 heavy (non-hydrogen) atoms. The molecule has 0 amide bonds. The van der Waals surface area contributed by atoms with Gasteiger partial charge in [0.1, 0.15) is 0 Å². The van der Waals surface area contributed by atoms with Crippen molar-refractivity contribution in [2.75, 3.05) is 18.0 Å². The molecule has 0 unspecified atom stereocenters. The normalized spacial score (nSPS) is 16.0. The summed E-state index contributed by atoms with van der Waals surface area (Å²) in [7, 11) is 0. The molecule has 3 aromatic carbocycles. The van der Waals surface area contributed by atoms with Crippen LogP contribution < -0.4 is 4.90 Å². The fraction of sp³-hybridized carbons (Fsp3) is 0.382. The third-order valence-corrected chi connectivity index (χ3v) is 8.00. The molecule has 3 aromatic rings. The monoisotopic (exact) mass is 512 g/mol. The van der Waals surface area contributed by atoms with Crippen molar-refractivity contribution in [2.45, 2.75) is 64.5 Å². The molecule has 0 saturated carbocycles. The van der Waals surface area contributed by atoms with Crippen molar-refractivity contribution in [3.05, 3.63) is 113 Å². The first-order valence-corrected chi connectivity index (χ1v) is 13.9. The van der Waals surface area contributed by atoms with E-state index in [-0.39, 0.29) is 6.42 Å². The molecule has 1 saturated heterocycles. The summed E-state index contributed by atoms with van der Waals surface area (Å²) in [5, 5.41) is 0. The van der Waals surface area contributed by atoms with E-state index in [0.717, 1.165) is 43.7 Å². The predicted molar refractivity (Wildman–Crippen MR) is 153 cm³/mol. The average Bonchev–Trinajstić information content (AvgIpc) is 3.26. The number of hydrogen-bond acceptors (Lipinski definition) is 2. The molecular formula is C34H38F2N2. The van der Waals surface area contributed by atoms with Crippen LogP contribution in [-0.2, 0) is 25.9 Å². The quantitative estimate of drug-likeness (QED) is 0.266. The van der Waals surface area contributed by atoms with Crippen LogP contribution in [0.5, 0.6) is 0 Å². The van der Waals surface area contributed by atoms with Crippen molar-refractivity contribution >= 4 is 11.4 Å². The highest BCUT2D eigenvalue weighted by Gasteiger charge is 2.26. The van der Waals surface area contributed by atoms with Crippen LogP contribution in [0.2, 0.25) is 0 Å². The van der Waals surface area contributed by atoms with Gasteiger partial charge < -0.3 is 9.80 Å². The molecule has 4 heteroatoms. The van der Waals surface area contributed by atoms with Gasteiger partial charge in [0.15, 0.2) is 0 Å². The molecule has 5 rings (SSSR count). The van der Waals surface area contributed by atoms with Crippen molar-refractivity contribution in [1.29, 1.82) is 0 Å². The second-order valence-corrected chi connectivity index (χ2v) is 11.1. The van der Waals surface area contributed by atoms with E-state index < -0.39 is 5.92 Å². The predicted octanol–water partition coefficient (Wildman–Crippen LogP) is 8.27. The molecule has 2 nitrogen and oxygen atoms in total. The SMILES string of the molecule is C=C=C1c2ccc(N3CCC(CCCc4ccccc4)CC3)cc2CN1Cc1ccc(CC(C)(F)F)cc1. The number of piperidine rings is 1. The van der Waals surface area contributed by atoms with Gasteiger partial charge in [-0.1, -0.05) is 61.2 Å². The first kappa shape index (κ1) is 26.3. The maximum Gasteiger partial charge on any atom is 0.249 e. The van der Waals surface area contributed by atoms with Crippen molar-refractivity contribution in [1.82, 2.24) is 4.90 Å². The summed E-state index contributed by atoms with van der Waals surface area (Å²) in [6, 6.07) is 25.2. The molecule has 0 aliphatic carbocycles. The highest BCUT2D eigenvalue weighted by atomic mass is 19.3. The summed E-state index contributed by atoms with van der Waals surface area (Å²) in [4.78, 5) is 4.82. The molecule has 0 spiro atoms. The molecule has 198 valence electrons. The van der Waals surface area contributed by atoms with E-state index in [2.05, 4.69) is 70.6 Å². The van der Waals surface area contributed by atoms with E-state index >= 15 is 0 Å². The van der Waals surface area contributed by atoms with Gasteiger partial charge >= 0.3 is 0 Å². The van der Waals surface area contributed by atoms with Crippen molar-refractivity contribution in [3.63, 3.8) is 0 Å². The second-order valence-electron chi connectivity index (χ2n) is 11.1. The zero-order valence-corrected chi connectivity index (χ0v) is 22.4. The summed E-state index contributed by atoms with van der Waals surface area (Å²) in [5.41, 5.74) is 11.2. The summed E-state index contributed by atoms with van der Waals surface area (Å²) >= 11 is 0. The van der Waals surface area contributed by atoms with E-state index in [4.69, 9.17) is 0 Å². The lowest BCUT2D eigenvalue weighted by atomic mass is 9.90. The number of fused-ring (bicyclic) bond motifs is 1. The molecule has 2 aliphatic heterocycles. The zero-order valence-electron chi connectivity index (χ0n) is 22.4. The Morgan fingerprint density at radius 3 is 2.32 bits per heavy atom. The van der Waals surface area contributed by atoms with Gasteiger partial charge in [0, 0.05) is 43.9 Å². The minimum absolute atomic E-state index is 0.228. The highest BCUT2D eigenvalue weighted by Crippen LogP contribution is 2.37. The fourth-order valence-electron chi connectivity index (χ4n) is 6.00. The Morgan fingerprint density at radius 1 is 0.921 bits per heavy atom. The van der Waals surface area contributed by atoms with Crippen molar-refractivity contribution in [2.24, 2.45) is 5.92 Å². The highest BCUT2D eigenvalue weighted by molar-refractivity contribution is 5.72. The van der Waals surface area contributed by atoms with Crippen molar-refractivity contribution < 1.29 is 8.78 Å². The second kappa shape index (κ2) is 11.6. The smallest absolute Gasteiger partial charge is 0.249 e.